The van der Waals surface area contributed by atoms with E-state index in [4.69, 9.17) is 16.0 Å². The Balaban J connectivity index is 2.36. The van der Waals surface area contributed by atoms with Crippen molar-refractivity contribution in [1.82, 2.24) is 9.97 Å². The minimum atomic E-state index is 0.456. The van der Waals surface area contributed by atoms with E-state index in [-0.39, 0.29) is 0 Å². The smallest absolute Gasteiger partial charge is 0.197 e. The van der Waals surface area contributed by atoms with E-state index in [0.29, 0.717) is 22.7 Å². The maximum atomic E-state index is 5.96. The third-order valence-electron chi connectivity index (χ3n) is 2.11. The normalized spacial score (nSPS) is 11.0. The Hall–Kier alpha value is -1.35. The van der Waals surface area contributed by atoms with E-state index < -0.39 is 0 Å². The molecule has 0 saturated carbocycles. The van der Waals surface area contributed by atoms with Gasteiger partial charge in [-0.15, -0.1) is 0 Å². The van der Waals surface area contributed by atoms with Crippen LogP contribution in [0.5, 0.6) is 0 Å². The summed E-state index contributed by atoms with van der Waals surface area (Å²) in [5.74, 6) is 1.73. The first-order chi connectivity index (χ1) is 7.65. The van der Waals surface area contributed by atoms with Gasteiger partial charge in [0.2, 0.25) is 0 Å². The SMILES string of the molecule is CC(C)Cc1cc(Cl)nc(-c2ccco2)n1. The third-order valence-corrected chi connectivity index (χ3v) is 2.30. The second-order valence-electron chi connectivity index (χ2n) is 4.08. The van der Waals surface area contributed by atoms with Gasteiger partial charge in [0.05, 0.1) is 6.26 Å². The average molecular weight is 237 g/mol. The fourth-order valence-corrected chi connectivity index (χ4v) is 1.71. The molecule has 16 heavy (non-hydrogen) atoms. The first kappa shape index (κ1) is 11.1. The molecular formula is C12H13ClN2O. The Labute approximate surface area is 99.5 Å². The molecule has 84 valence electrons. The molecule has 0 aliphatic rings. The molecule has 3 nitrogen and oxygen atoms in total. The molecule has 0 fully saturated rings. The topological polar surface area (TPSA) is 38.9 Å². The average Bonchev–Trinajstić information content (AvgIpc) is 2.67. The maximum Gasteiger partial charge on any atom is 0.197 e. The second-order valence-corrected chi connectivity index (χ2v) is 4.47. The van der Waals surface area contributed by atoms with E-state index >= 15 is 0 Å². The van der Waals surface area contributed by atoms with Crippen molar-refractivity contribution in [3.05, 3.63) is 35.3 Å². The molecule has 0 aliphatic carbocycles. The monoisotopic (exact) mass is 236 g/mol. The van der Waals surface area contributed by atoms with Crippen molar-refractivity contribution in [2.75, 3.05) is 0 Å². The number of aromatic nitrogens is 2. The lowest BCUT2D eigenvalue weighted by Gasteiger charge is -2.05. The molecule has 0 atom stereocenters. The van der Waals surface area contributed by atoms with Gasteiger partial charge >= 0.3 is 0 Å². The minimum Gasteiger partial charge on any atom is -0.461 e. The predicted octanol–water partition coefficient (Wildman–Crippen LogP) is 3.59. The first-order valence-corrected chi connectivity index (χ1v) is 5.60. The summed E-state index contributed by atoms with van der Waals surface area (Å²) in [6.07, 6.45) is 2.48. The molecule has 0 bridgehead atoms. The van der Waals surface area contributed by atoms with Crippen molar-refractivity contribution >= 4 is 11.6 Å². The Bertz CT molecular complexity index is 466. The first-order valence-electron chi connectivity index (χ1n) is 5.22. The Morgan fingerprint density at radius 3 is 2.81 bits per heavy atom. The number of hydrogen-bond donors (Lipinski definition) is 0. The molecule has 4 heteroatoms. The summed E-state index contributed by atoms with van der Waals surface area (Å²) < 4.78 is 5.25. The number of furan rings is 1. The maximum absolute atomic E-state index is 5.96. The van der Waals surface area contributed by atoms with Gasteiger partial charge in [-0.25, -0.2) is 9.97 Å². The van der Waals surface area contributed by atoms with Crippen LogP contribution in [0.2, 0.25) is 5.15 Å². The number of hydrogen-bond acceptors (Lipinski definition) is 3. The van der Waals surface area contributed by atoms with Gasteiger partial charge in [0, 0.05) is 5.69 Å². The number of nitrogens with zero attached hydrogens (tertiary/aromatic N) is 2. The Morgan fingerprint density at radius 2 is 2.19 bits per heavy atom. The van der Waals surface area contributed by atoms with Crippen LogP contribution in [0.3, 0.4) is 0 Å². The summed E-state index contributed by atoms with van der Waals surface area (Å²) in [7, 11) is 0. The summed E-state index contributed by atoms with van der Waals surface area (Å²) in [6.45, 7) is 4.28. The number of rotatable bonds is 3. The molecule has 2 aromatic rings. The van der Waals surface area contributed by atoms with Crippen LogP contribution in [0, 0.1) is 5.92 Å². The van der Waals surface area contributed by atoms with Crippen molar-refractivity contribution in [1.29, 1.82) is 0 Å². The molecule has 2 rings (SSSR count). The molecule has 0 N–H and O–H groups in total. The highest BCUT2D eigenvalue weighted by Gasteiger charge is 2.09. The molecule has 0 aromatic carbocycles. The van der Waals surface area contributed by atoms with E-state index in [1.54, 1.807) is 12.3 Å². The zero-order valence-corrected chi connectivity index (χ0v) is 10.0. The second kappa shape index (κ2) is 4.66. The molecule has 0 saturated heterocycles. The van der Waals surface area contributed by atoms with Gasteiger partial charge in [0.25, 0.3) is 0 Å². The van der Waals surface area contributed by atoms with Gasteiger partial charge in [-0.3, -0.25) is 0 Å². The van der Waals surface area contributed by atoms with Crippen molar-refractivity contribution in [2.45, 2.75) is 20.3 Å². The van der Waals surface area contributed by atoms with Crippen molar-refractivity contribution < 1.29 is 4.42 Å². The van der Waals surface area contributed by atoms with Crippen LogP contribution in [0.4, 0.5) is 0 Å². The standard InChI is InChI=1S/C12H13ClN2O/c1-8(2)6-9-7-11(13)15-12(14-9)10-4-3-5-16-10/h3-5,7-8H,6H2,1-2H3. The van der Waals surface area contributed by atoms with Crippen molar-refractivity contribution in [3.8, 4) is 11.6 Å². The Morgan fingerprint density at radius 1 is 1.38 bits per heavy atom. The summed E-state index contributed by atoms with van der Waals surface area (Å²) in [5.41, 5.74) is 0.946. The van der Waals surface area contributed by atoms with E-state index in [1.165, 1.54) is 0 Å². The zero-order valence-electron chi connectivity index (χ0n) is 9.27. The third kappa shape index (κ3) is 2.61. The Kier molecular flexibility index (Phi) is 3.25. The van der Waals surface area contributed by atoms with Crippen LogP contribution in [-0.2, 0) is 6.42 Å². The minimum absolute atomic E-state index is 0.456. The van der Waals surface area contributed by atoms with Crippen LogP contribution in [-0.4, -0.2) is 9.97 Å². The van der Waals surface area contributed by atoms with Crippen LogP contribution < -0.4 is 0 Å². The van der Waals surface area contributed by atoms with Gasteiger partial charge < -0.3 is 4.42 Å². The predicted molar refractivity (Wildman–Crippen MR) is 63.3 cm³/mol. The van der Waals surface area contributed by atoms with E-state index in [9.17, 15) is 0 Å². The van der Waals surface area contributed by atoms with Gasteiger partial charge in [-0.05, 0) is 30.5 Å². The molecule has 0 radical (unpaired) electrons. The van der Waals surface area contributed by atoms with E-state index in [2.05, 4.69) is 23.8 Å². The lowest BCUT2D eigenvalue weighted by atomic mass is 10.1. The molecule has 0 spiro atoms. The van der Waals surface area contributed by atoms with Crippen molar-refractivity contribution in [2.24, 2.45) is 5.92 Å². The molecule has 0 aliphatic heterocycles. The van der Waals surface area contributed by atoms with Gasteiger partial charge in [0.1, 0.15) is 5.15 Å². The van der Waals surface area contributed by atoms with Crippen molar-refractivity contribution in [3.63, 3.8) is 0 Å². The molecular weight excluding hydrogens is 224 g/mol. The van der Waals surface area contributed by atoms with Gasteiger partial charge in [0.15, 0.2) is 11.6 Å². The highest BCUT2D eigenvalue weighted by Crippen LogP contribution is 2.19. The quantitative estimate of drug-likeness (QED) is 0.765. The fourth-order valence-electron chi connectivity index (χ4n) is 1.50. The summed E-state index contributed by atoms with van der Waals surface area (Å²) >= 11 is 5.96. The molecule has 0 amide bonds. The molecule has 2 heterocycles. The van der Waals surface area contributed by atoms with Gasteiger partial charge in [-0.2, -0.15) is 0 Å². The highest BCUT2D eigenvalue weighted by atomic mass is 35.5. The molecule has 2 aromatic heterocycles. The summed E-state index contributed by atoms with van der Waals surface area (Å²) in [5, 5.41) is 0.456. The van der Waals surface area contributed by atoms with Crippen LogP contribution in [0.15, 0.2) is 28.9 Å². The molecule has 0 unspecified atom stereocenters. The lowest BCUT2D eigenvalue weighted by molar-refractivity contribution is 0.575. The van der Waals surface area contributed by atoms with E-state index in [1.807, 2.05) is 12.1 Å². The lowest BCUT2D eigenvalue weighted by Crippen LogP contribution is -2.00. The largest absolute Gasteiger partial charge is 0.461 e. The number of halogens is 1. The zero-order chi connectivity index (χ0) is 11.5. The fraction of sp³-hybridized carbons (Fsp3) is 0.333. The van der Waals surface area contributed by atoms with Crippen LogP contribution in [0.25, 0.3) is 11.6 Å². The van der Waals surface area contributed by atoms with Crippen LogP contribution >= 0.6 is 11.6 Å². The highest BCUT2D eigenvalue weighted by molar-refractivity contribution is 6.29. The van der Waals surface area contributed by atoms with E-state index in [0.717, 1.165) is 12.1 Å². The summed E-state index contributed by atoms with van der Waals surface area (Å²) in [4.78, 5) is 8.57. The van der Waals surface area contributed by atoms with Crippen LogP contribution in [0.1, 0.15) is 19.5 Å². The van der Waals surface area contributed by atoms with Gasteiger partial charge in [-0.1, -0.05) is 25.4 Å². The summed E-state index contributed by atoms with van der Waals surface area (Å²) in [6, 6.07) is 5.43.